The molecule has 8 nitrogen and oxygen atoms in total. The minimum Gasteiger partial charge on any atom is -0.467 e. The van der Waals surface area contributed by atoms with Crippen molar-refractivity contribution in [1.82, 2.24) is 5.32 Å². The van der Waals surface area contributed by atoms with Gasteiger partial charge < -0.3 is 19.7 Å². The highest BCUT2D eigenvalue weighted by Crippen LogP contribution is 2.16. The predicted molar refractivity (Wildman–Crippen MR) is 104 cm³/mol. The van der Waals surface area contributed by atoms with Gasteiger partial charge in [-0.1, -0.05) is 19.1 Å². The van der Waals surface area contributed by atoms with Crippen molar-refractivity contribution in [2.24, 2.45) is 0 Å². The average Bonchev–Trinajstić information content (AvgIpc) is 2.74. The summed E-state index contributed by atoms with van der Waals surface area (Å²) >= 11 is 0. The number of carbonyl (C=O) groups is 3. The number of nitrogens with one attached hydrogen (secondary N) is 1. The van der Waals surface area contributed by atoms with Gasteiger partial charge in [0, 0.05) is 18.4 Å². The monoisotopic (exact) mass is 401 g/mol. The van der Waals surface area contributed by atoms with Gasteiger partial charge in [0.25, 0.3) is 5.91 Å². The molecule has 0 aromatic heterocycles. The summed E-state index contributed by atoms with van der Waals surface area (Å²) in [5, 5.41) is 11.2. The van der Waals surface area contributed by atoms with Gasteiger partial charge in [-0.25, -0.2) is 10.1 Å². The summed E-state index contributed by atoms with van der Waals surface area (Å²) in [6.07, 6.45) is 1.23. The first-order chi connectivity index (χ1) is 14.0. The summed E-state index contributed by atoms with van der Waals surface area (Å²) in [5.41, 5.74) is 1.04. The molecule has 2 rings (SSSR count). The summed E-state index contributed by atoms with van der Waals surface area (Å²) in [7, 11) is 1.24. The Kier molecular flexibility index (Phi) is 8.17. The molecule has 0 aliphatic carbocycles. The third-order valence-corrected chi connectivity index (χ3v) is 4.06. The van der Waals surface area contributed by atoms with E-state index in [1.807, 2.05) is 6.92 Å². The maximum Gasteiger partial charge on any atom is 0.328 e. The van der Waals surface area contributed by atoms with Crippen LogP contribution < -0.4 is 14.9 Å². The lowest BCUT2D eigenvalue weighted by Crippen LogP contribution is -2.43. The Morgan fingerprint density at radius 3 is 2.17 bits per heavy atom. The highest BCUT2D eigenvalue weighted by Gasteiger charge is 2.23. The molecule has 2 aromatic carbocycles. The number of hydrogen-bond donors (Lipinski definition) is 2. The third-order valence-electron chi connectivity index (χ3n) is 4.06. The zero-order chi connectivity index (χ0) is 21.2. The number of benzene rings is 2. The molecule has 2 aromatic rings. The van der Waals surface area contributed by atoms with Crippen LogP contribution in [0.25, 0.3) is 0 Å². The van der Waals surface area contributed by atoms with Crippen molar-refractivity contribution in [2.45, 2.75) is 32.2 Å². The largest absolute Gasteiger partial charge is 0.467 e. The number of amides is 1. The maximum atomic E-state index is 12.4. The maximum absolute atomic E-state index is 12.4. The second kappa shape index (κ2) is 10.8. The van der Waals surface area contributed by atoms with Crippen LogP contribution in [0.2, 0.25) is 0 Å². The van der Waals surface area contributed by atoms with Crippen LogP contribution in [0, 0.1) is 0 Å². The Bertz CT molecular complexity index is 831. The van der Waals surface area contributed by atoms with E-state index in [1.165, 1.54) is 31.4 Å². The molecule has 0 saturated heterocycles. The molecular formula is C21H23NO7. The quantitative estimate of drug-likeness (QED) is 0.288. The Hall–Kier alpha value is -3.39. The van der Waals surface area contributed by atoms with Crippen LogP contribution in [0.3, 0.4) is 0 Å². The Morgan fingerprint density at radius 1 is 1.00 bits per heavy atom. The molecule has 0 radical (unpaired) electrons. The molecule has 1 unspecified atom stereocenters. The minimum atomic E-state index is -0.908. The molecule has 0 heterocycles. The van der Waals surface area contributed by atoms with Gasteiger partial charge in [0.05, 0.1) is 7.11 Å². The fourth-order valence-electron chi connectivity index (χ4n) is 2.56. The fraction of sp³-hybridized carbons (Fsp3) is 0.286. The van der Waals surface area contributed by atoms with Gasteiger partial charge >= 0.3 is 11.9 Å². The first-order valence-electron chi connectivity index (χ1n) is 9.06. The Morgan fingerprint density at radius 2 is 1.62 bits per heavy atom. The smallest absolute Gasteiger partial charge is 0.328 e. The lowest BCUT2D eigenvalue weighted by molar-refractivity contribution is -0.142. The number of ether oxygens (including phenoxy) is 2. The minimum absolute atomic E-state index is 0.186. The molecule has 0 aliphatic rings. The van der Waals surface area contributed by atoms with Crippen molar-refractivity contribution >= 4 is 17.8 Å². The van der Waals surface area contributed by atoms with E-state index in [-0.39, 0.29) is 23.7 Å². The van der Waals surface area contributed by atoms with Crippen LogP contribution in [0.15, 0.2) is 48.5 Å². The molecule has 0 fully saturated rings. The van der Waals surface area contributed by atoms with Crippen LogP contribution in [-0.2, 0) is 20.7 Å². The summed E-state index contributed by atoms with van der Waals surface area (Å²) in [5.74, 6) is -0.775. The number of esters is 2. The van der Waals surface area contributed by atoms with E-state index >= 15 is 0 Å². The topological polar surface area (TPSA) is 111 Å². The zero-order valence-corrected chi connectivity index (χ0v) is 16.2. The summed E-state index contributed by atoms with van der Waals surface area (Å²) in [6.45, 7) is 1.89. The second-order valence-electron chi connectivity index (χ2n) is 6.24. The van der Waals surface area contributed by atoms with Crippen molar-refractivity contribution < 1.29 is 34.0 Å². The molecule has 1 atom stereocenters. The van der Waals surface area contributed by atoms with E-state index < -0.39 is 17.9 Å². The molecular weight excluding hydrogens is 378 g/mol. The number of methoxy groups -OCH3 is 1. The van der Waals surface area contributed by atoms with Crippen molar-refractivity contribution in [3.8, 4) is 11.5 Å². The highest BCUT2D eigenvalue weighted by atomic mass is 17.1. The van der Waals surface area contributed by atoms with Gasteiger partial charge in [-0.2, -0.15) is 0 Å². The molecule has 154 valence electrons. The van der Waals surface area contributed by atoms with Gasteiger partial charge in [0.15, 0.2) is 5.75 Å². The van der Waals surface area contributed by atoms with Crippen LogP contribution >= 0.6 is 0 Å². The number of hydrogen-bond acceptors (Lipinski definition) is 7. The van der Waals surface area contributed by atoms with Crippen molar-refractivity contribution in [3.05, 3.63) is 59.7 Å². The SMILES string of the molecule is CCCC(=O)Oc1ccc(CC(NC(=O)c2ccc(OO)cc2)C(=O)OC)cc1. The van der Waals surface area contributed by atoms with E-state index in [0.717, 1.165) is 5.56 Å². The Balaban J connectivity index is 2.05. The van der Waals surface area contributed by atoms with Crippen LogP contribution in [-0.4, -0.2) is 36.3 Å². The average molecular weight is 401 g/mol. The summed E-state index contributed by atoms with van der Waals surface area (Å²) < 4.78 is 9.98. The molecule has 1 amide bonds. The predicted octanol–water partition coefficient (Wildman–Crippen LogP) is 2.76. The van der Waals surface area contributed by atoms with E-state index in [4.69, 9.17) is 14.7 Å². The third kappa shape index (κ3) is 6.62. The molecule has 0 spiro atoms. The van der Waals surface area contributed by atoms with Crippen molar-refractivity contribution in [1.29, 1.82) is 0 Å². The fourth-order valence-corrected chi connectivity index (χ4v) is 2.56. The second-order valence-corrected chi connectivity index (χ2v) is 6.24. The Labute approximate surface area is 168 Å². The van der Waals surface area contributed by atoms with Gasteiger partial charge in [-0.3, -0.25) is 9.59 Å². The van der Waals surface area contributed by atoms with Gasteiger partial charge in [-0.15, -0.1) is 0 Å². The molecule has 8 heteroatoms. The summed E-state index contributed by atoms with van der Waals surface area (Å²) in [6, 6.07) is 11.5. The van der Waals surface area contributed by atoms with Gasteiger partial charge in [0.2, 0.25) is 0 Å². The first kappa shape index (κ1) is 21.9. The van der Waals surface area contributed by atoms with Crippen LogP contribution in [0.5, 0.6) is 11.5 Å². The van der Waals surface area contributed by atoms with Crippen LogP contribution in [0.4, 0.5) is 0 Å². The van der Waals surface area contributed by atoms with Crippen molar-refractivity contribution in [3.63, 3.8) is 0 Å². The van der Waals surface area contributed by atoms with Gasteiger partial charge in [0.1, 0.15) is 11.8 Å². The van der Waals surface area contributed by atoms with Crippen LogP contribution in [0.1, 0.15) is 35.7 Å². The summed E-state index contributed by atoms with van der Waals surface area (Å²) in [4.78, 5) is 40.2. The molecule has 2 N–H and O–H groups in total. The molecule has 29 heavy (non-hydrogen) atoms. The number of rotatable bonds is 9. The normalized spacial score (nSPS) is 11.3. The van der Waals surface area contributed by atoms with E-state index in [1.54, 1.807) is 24.3 Å². The first-order valence-corrected chi connectivity index (χ1v) is 9.06. The lowest BCUT2D eigenvalue weighted by atomic mass is 10.0. The molecule has 0 aliphatic heterocycles. The van der Waals surface area contributed by atoms with E-state index in [0.29, 0.717) is 18.6 Å². The van der Waals surface area contributed by atoms with E-state index in [9.17, 15) is 14.4 Å². The number of carbonyl (C=O) groups excluding carboxylic acids is 3. The highest BCUT2D eigenvalue weighted by molar-refractivity contribution is 5.96. The molecule has 0 bridgehead atoms. The lowest BCUT2D eigenvalue weighted by Gasteiger charge is -2.17. The van der Waals surface area contributed by atoms with E-state index in [2.05, 4.69) is 10.2 Å². The van der Waals surface area contributed by atoms with Gasteiger partial charge in [-0.05, 0) is 48.4 Å². The standard InChI is InChI=1S/C21H23NO7/c1-3-4-19(23)28-16-9-5-14(6-10-16)13-18(21(25)27-2)22-20(24)15-7-11-17(29-26)12-8-15/h5-12,18,26H,3-4,13H2,1-2H3,(H,22,24). The van der Waals surface area contributed by atoms with Crippen molar-refractivity contribution in [2.75, 3.05) is 7.11 Å². The molecule has 0 saturated carbocycles. The zero-order valence-electron chi connectivity index (χ0n) is 16.2.